The molecule has 110 valence electrons. The lowest BCUT2D eigenvalue weighted by Crippen LogP contribution is -2.16. The third-order valence-corrected chi connectivity index (χ3v) is 3.92. The van der Waals surface area contributed by atoms with Crippen molar-refractivity contribution in [1.29, 1.82) is 0 Å². The SMILES string of the molecule is O=c1[nH]ncc(NCCc2ccc3c(c2)OCCO3)c1Br. The first kappa shape index (κ1) is 13.9. The second kappa shape index (κ2) is 6.17. The Bertz CT molecular complexity index is 702. The summed E-state index contributed by atoms with van der Waals surface area (Å²) in [5.74, 6) is 1.58. The van der Waals surface area contributed by atoms with Gasteiger partial charge >= 0.3 is 0 Å². The number of nitrogens with zero attached hydrogens (tertiary/aromatic N) is 1. The van der Waals surface area contributed by atoms with Crippen molar-refractivity contribution in [3.05, 3.63) is 44.8 Å². The second-order valence-corrected chi connectivity index (χ2v) is 5.37. The van der Waals surface area contributed by atoms with Crippen LogP contribution in [0.1, 0.15) is 5.56 Å². The molecule has 0 atom stereocenters. The molecular formula is C14H14BrN3O3. The molecule has 1 aromatic heterocycles. The number of aromatic nitrogens is 2. The highest BCUT2D eigenvalue weighted by Crippen LogP contribution is 2.30. The third kappa shape index (κ3) is 3.18. The largest absolute Gasteiger partial charge is 0.486 e. The molecule has 2 heterocycles. The van der Waals surface area contributed by atoms with Crippen LogP contribution in [0.25, 0.3) is 0 Å². The Morgan fingerprint density at radius 1 is 1.29 bits per heavy atom. The molecule has 0 unspecified atom stereocenters. The summed E-state index contributed by atoms with van der Waals surface area (Å²) in [5.41, 5.74) is 1.57. The number of H-pyrrole nitrogens is 1. The Kier molecular flexibility index (Phi) is 4.10. The Labute approximate surface area is 129 Å². The van der Waals surface area contributed by atoms with Crippen LogP contribution < -0.4 is 20.3 Å². The van der Waals surface area contributed by atoms with Gasteiger partial charge in [0.05, 0.1) is 11.9 Å². The Morgan fingerprint density at radius 3 is 2.95 bits per heavy atom. The van der Waals surface area contributed by atoms with Crippen LogP contribution in [0.4, 0.5) is 5.69 Å². The van der Waals surface area contributed by atoms with E-state index in [9.17, 15) is 4.79 Å². The van der Waals surface area contributed by atoms with Gasteiger partial charge in [-0.2, -0.15) is 5.10 Å². The summed E-state index contributed by atoms with van der Waals surface area (Å²) in [4.78, 5) is 11.4. The molecule has 0 radical (unpaired) electrons. The maximum absolute atomic E-state index is 11.4. The zero-order chi connectivity index (χ0) is 14.7. The second-order valence-electron chi connectivity index (χ2n) is 4.58. The minimum Gasteiger partial charge on any atom is -0.486 e. The van der Waals surface area contributed by atoms with E-state index in [4.69, 9.17) is 9.47 Å². The van der Waals surface area contributed by atoms with E-state index in [1.165, 1.54) is 0 Å². The molecule has 0 saturated carbocycles. The number of anilines is 1. The number of fused-ring (bicyclic) bond motifs is 1. The van der Waals surface area contributed by atoms with Gasteiger partial charge in [0.1, 0.15) is 17.7 Å². The van der Waals surface area contributed by atoms with Crippen LogP contribution in [0.2, 0.25) is 0 Å². The van der Waals surface area contributed by atoms with E-state index >= 15 is 0 Å². The van der Waals surface area contributed by atoms with Crippen LogP contribution in [0, 0.1) is 0 Å². The van der Waals surface area contributed by atoms with Gasteiger partial charge in [-0.25, -0.2) is 5.10 Å². The van der Waals surface area contributed by atoms with Gasteiger partial charge in [0.2, 0.25) is 0 Å². The molecular weight excluding hydrogens is 338 g/mol. The minimum absolute atomic E-state index is 0.251. The lowest BCUT2D eigenvalue weighted by molar-refractivity contribution is 0.171. The molecule has 0 spiro atoms. The van der Waals surface area contributed by atoms with Crippen molar-refractivity contribution in [3.63, 3.8) is 0 Å². The molecule has 2 N–H and O–H groups in total. The fourth-order valence-corrected chi connectivity index (χ4v) is 2.42. The van der Waals surface area contributed by atoms with E-state index in [-0.39, 0.29) is 5.56 Å². The minimum atomic E-state index is -0.251. The van der Waals surface area contributed by atoms with Crippen LogP contribution in [0.5, 0.6) is 11.5 Å². The number of benzene rings is 1. The van der Waals surface area contributed by atoms with Crippen LogP contribution >= 0.6 is 15.9 Å². The first-order chi connectivity index (χ1) is 10.2. The summed E-state index contributed by atoms with van der Waals surface area (Å²) in [7, 11) is 0. The molecule has 0 aliphatic carbocycles. The fraction of sp³-hybridized carbons (Fsp3) is 0.286. The quantitative estimate of drug-likeness (QED) is 0.880. The zero-order valence-electron chi connectivity index (χ0n) is 11.2. The molecule has 3 rings (SSSR count). The molecule has 7 heteroatoms. The summed E-state index contributed by atoms with van der Waals surface area (Å²) in [6, 6.07) is 5.93. The van der Waals surface area contributed by atoms with Gasteiger partial charge in [-0.1, -0.05) is 6.07 Å². The summed E-state index contributed by atoms with van der Waals surface area (Å²) in [6.45, 7) is 1.86. The highest BCUT2D eigenvalue weighted by Gasteiger charge is 2.11. The predicted octanol–water partition coefficient (Wildman–Crippen LogP) is 1.96. The highest BCUT2D eigenvalue weighted by atomic mass is 79.9. The molecule has 1 aromatic carbocycles. The maximum Gasteiger partial charge on any atom is 0.280 e. The summed E-state index contributed by atoms with van der Waals surface area (Å²) < 4.78 is 11.5. The van der Waals surface area contributed by atoms with E-state index in [0.717, 1.165) is 23.5 Å². The Balaban J connectivity index is 1.63. The fourth-order valence-electron chi connectivity index (χ4n) is 2.09. The van der Waals surface area contributed by atoms with E-state index in [1.807, 2.05) is 18.2 Å². The topological polar surface area (TPSA) is 76.2 Å². The maximum atomic E-state index is 11.4. The highest BCUT2D eigenvalue weighted by molar-refractivity contribution is 9.10. The van der Waals surface area contributed by atoms with Crippen LogP contribution in [-0.2, 0) is 6.42 Å². The standard InChI is InChI=1S/C14H14BrN3O3/c15-13-10(8-17-18-14(13)19)16-4-3-9-1-2-11-12(7-9)21-6-5-20-11/h1-2,7-8H,3-6H2,(H2,16,18,19). The van der Waals surface area contributed by atoms with Gasteiger partial charge in [-0.15, -0.1) is 0 Å². The van der Waals surface area contributed by atoms with Crippen LogP contribution in [0.15, 0.2) is 33.7 Å². The van der Waals surface area contributed by atoms with E-state index in [1.54, 1.807) is 6.20 Å². The number of rotatable bonds is 4. The van der Waals surface area contributed by atoms with E-state index < -0.39 is 0 Å². The first-order valence-electron chi connectivity index (χ1n) is 6.59. The Hall–Kier alpha value is -2.02. The average molecular weight is 352 g/mol. The van der Waals surface area contributed by atoms with Crippen LogP contribution in [-0.4, -0.2) is 30.0 Å². The lowest BCUT2D eigenvalue weighted by atomic mass is 10.1. The van der Waals surface area contributed by atoms with Gasteiger partial charge in [0.15, 0.2) is 11.5 Å². The van der Waals surface area contributed by atoms with Crippen molar-refractivity contribution in [2.45, 2.75) is 6.42 Å². The van der Waals surface area contributed by atoms with Gasteiger partial charge in [0, 0.05) is 6.54 Å². The third-order valence-electron chi connectivity index (χ3n) is 3.13. The van der Waals surface area contributed by atoms with Crippen molar-refractivity contribution in [3.8, 4) is 11.5 Å². The van der Waals surface area contributed by atoms with Gasteiger partial charge in [-0.05, 0) is 40.0 Å². The van der Waals surface area contributed by atoms with Crippen molar-refractivity contribution in [2.24, 2.45) is 0 Å². The molecule has 0 fully saturated rings. The Morgan fingerprint density at radius 2 is 2.10 bits per heavy atom. The molecule has 0 bridgehead atoms. The molecule has 0 amide bonds. The number of hydrogen-bond acceptors (Lipinski definition) is 5. The lowest BCUT2D eigenvalue weighted by Gasteiger charge is -2.19. The predicted molar refractivity (Wildman–Crippen MR) is 82.2 cm³/mol. The van der Waals surface area contributed by atoms with Crippen molar-refractivity contribution in [1.82, 2.24) is 10.2 Å². The number of aromatic amines is 1. The van der Waals surface area contributed by atoms with Gasteiger partial charge < -0.3 is 14.8 Å². The van der Waals surface area contributed by atoms with Gasteiger partial charge in [0.25, 0.3) is 5.56 Å². The number of halogens is 1. The van der Waals surface area contributed by atoms with E-state index in [0.29, 0.717) is 29.9 Å². The molecule has 1 aliphatic rings. The average Bonchev–Trinajstić information content (AvgIpc) is 2.51. The van der Waals surface area contributed by atoms with Crippen LogP contribution in [0.3, 0.4) is 0 Å². The summed E-state index contributed by atoms with van der Waals surface area (Å²) in [6.07, 6.45) is 2.38. The number of nitrogens with one attached hydrogen (secondary N) is 2. The summed E-state index contributed by atoms with van der Waals surface area (Å²) >= 11 is 3.23. The zero-order valence-corrected chi connectivity index (χ0v) is 12.8. The number of hydrogen-bond donors (Lipinski definition) is 2. The molecule has 2 aromatic rings. The van der Waals surface area contributed by atoms with Gasteiger partial charge in [-0.3, -0.25) is 4.79 Å². The summed E-state index contributed by atoms with van der Waals surface area (Å²) in [5, 5.41) is 9.30. The molecule has 1 aliphatic heterocycles. The van der Waals surface area contributed by atoms with Crippen molar-refractivity contribution >= 4 is 21.6 Å². The molecule has 0 saturated heterocycles. The number of ether oxygens (including phenoxy) is 2. The molecule has 21 heavy (non-hydrogen) atoms. The monoisotopic (exact) mass is 351 g/mol. The normalized spacial score (nSPS) is 13.0. The van der Waals surface area contributed by atoms with Crippen molar-refractivity contribution in [2.75, 3.05) is 25.1 Å². The van der Waals surface area contributed by atoms with E-state index in [2.05, 4.69) is 31.4 Å². The molecule has 6 nitrogen and oxygen atoms in total. The smallest absolute Gasteiger partial charge is 0.280 e. The first-order valence-corrected chi connectivity index (χ1v) is 7.39. The van der Waals surface area contributed by atoms with Crippen molar-refractivity contribution < 1.29 is 9.47 Å².